The van der Waals surface area contributed by atoms with Gasteiger partial charge in [0.15, 0.2) is 22.8 Å². The van der Waals surface area contributed by atoms with Gasteiger partial charge in [-0.2, -0.15) is 0 Å². The zero-order chi connectivity index (χ0) is 25.8. The molecule has 5 rings (SSSR count). The highest BCUT2D eigenvalue weighted by molar-refractivity contribution is 7.99. The maximum Gasteiger partial charge on any atom is 0.310 e. The number of thioether (sulfide) groups is 1. The number of nitrogens with zero attached hydrogens (tertiary/aromatic N) is 3. The summed E-state index contributed by atoms with van der Waals surface area (Å²) in [6.45, 7) is 3.58. The van der Waals surface area contributed by atoms with Crippen LogP contribution in [0, 0.1) is 5.92 Å². The van der Waals surface area contributed by atoms with E-state index in [1.807, 2.05) is 30.3 Å². The second kappa shape index (κ2) is 11.2. The standard InChI is InChI=1S/C27H29N3O6S/c1-2-34-26(33)18-8-7-13-29(14-18)24(31)17-37-27-28-21-10-4-3-9-20(21)25(32)30(27)15-19-16-35-22-11-5-6-12-23(22)36-19/h3-6,9-12,18-19H,2,7-8,13-17H2,1H3. The summed E-state index contributed by atoms with van der Waals surface area (Å²) < 4.78 is 18.6. The molecule has 2 aliphatic heterocycles. The topological polar surface area (TPSA) is 100.0 Å². The number of carbonyl (C=O) groups is 2. The molecule has 2 aromatic carbocycles. The van der Waals surface area contributed by atoms with Gasteiger partial charge in [0.1, 0.15) is 6.61 Å². The highest BCUT2D eigenvalue weighted by Crippen LogP contribution is 2.31. The summed E-state index contributed by atoms with van der Waals surface area (Å²) in [5.41, 5.74) is 0.383. The molecule has 2 atom stereocenters. The lowest BCUT2D eigenvalue weighted by atomic mass is 9.98. The molecule has 2 aliphatic rings. The summed E-state index contributed by atoms with van der Waals surface area (Å²) in [5, 5.41) is 0.946. The third-order valence-corrected chi connectivity index (χ3v) is 7.46. The van der Waals surface area contributed by atoms with Crippen LogP contribution in [-0.2, 0) is 20.9 Å². The van der Waals surface area contributed by atoms with Gasteiger partial charge in [0.2, 0.25) is 5.91 Å². The van der Waals surface area contributed by atoms with E-state index >= 15 is 0 Å². The Labute approximate surface area is 218 Å². The number of para-hydroxylation sites is 3. The minimum absolute atomic E-state index is 0.0980. The average molecular weight is 524 g/mol. The van der Waals surface area contributed by atoms with E-state index < -0.39 is 6.10 Å². The second-order valence-corrected chi connectivity index (χ2v) is 9.99. The Morgan fingerprint density at radius 1 is 1.14 bits per heavy atom. The molecule has 3 aromatic rings. The fourth-order valence-corrected chi connectivity index (χ4v) is 5.56. The highest BCUT2D eigenvalue weighted by Gasteiger charge is 2.30. The van der Waals surface area contributed by atoms with Crippen molar-refractivity contribution < 1.29 is 23.8 Å². The predicted octanol–water partition coefficient (Wildman–Crippen LogP) is 3.13. The maximum absolute atomic E-state index is 13.5. The third kappa shape index (κ3) is 5.58. The number of hydrogen-bond donors (Lipinski definition) is 0. The molecule has 2 unspecified atom stereocenters. The van der Waals surface area contributed by atoms with Crippen molar-refractivity contribution in [1.29, 1.82) is 0 Å². The molecule has 0 bridgehead atoms. The van der Waals surface area contributed by atoms with Gasteiger partial charge >= 0.3 is 5.97 Å². The zero-order valence-corrected chi connectivity index (χ0v) is 21.4. The van der Waals surface area contributed by atoms with Gasteiger partial charge in [-0.15, -0.1) is 0 Å². The molecule has 0 saturated carbocycles. The maximum atomic E-state index is 13.5. The number of rotatable bonds is 7. The van der Waals surface area contributed by atoms with Crippen LogP contribution in [0.3, 0.4) is 0 Å². The van der Waals surface area contributed by atoms with Crippen molar-refractivity contribution in [2.24, 2.45) is 5.92 Å². The van der Waals surface area contributed by atoms with E-state index in [4.69, 9.17) is 19.2 Å². The smallest absolute Gasteiger partial charge is 0.310 e. The largest absolute Gasteiger partial charge is 0.486 e. The minimum atomic E-state index is -0.391. The van der Waals surface area contributed by atoms with Crippen molar-refractivity contribution in [1.82, 2.24) is 14.5 Å². The van der Waals surface area contributed by atoms with E-state index in [2.05, 4.69) is 0 Å². The van der Waals surface area contributed by atoms with Crippen molar-refractivity contribution in [3.8, 4) is 11.5 Å². The number of piperidine rings is 1. The molecule has 0 aliphatic carbocycles. The first-order valence-corrected chi connectivity index (χ1v) is 13.5. The van der Waals surface area contributed by atoms with Crippen molar-refractivity contribution in [2.75, 3.05) is 32.1 Å². The number of benzene rings is 2. The molecular formula is C27H29N3O6S. The lowest BCUT2D eigenvalue weighted by Crippen LogP contribution is -2.43. The van der Waals surface area contributed by atoms with Crippen molar-refractivity contribution in [2.45, 2.75) is 37.6 Å². The molecule has 9 nitrogen and oxygen atoms in total. The Kier molecular flexibility index (Phi) is 7.64. The monoisotopic (exact) mass is 523 g/mol. The molecule has 1 aromatic heterocycles. The number of ether oxygens (including phenoxy) is 3. The fraction of sp³-hybridized carbons (Fsp3) is 0.407. The van der Waals surface area contributed by atoms with Crippen LogP contribution in [0.5, 0.6) is 11.5 Å². The summed E-state index contributed by atoms with van der Waals surface area (Å²) in [7, 11) is 0. The van der Waals surface area contributed by atoms with E-state index in [1.54, 1.807) is 34.6 Å². The van der Waals surface area contributed by atoms with Gasteiger partial charge in [0, 0.05) is 13.1 Å². The van der Waals surface area contributed by atoms with Crippen LogP contribution in [0.2, 0.25) is 0 Å². The number of hydrogen-bond acceptors (Lipinski definition) is 8. The summed E-state index contributed by atoms with van der Waals surface area (Å²) >= 11 is 1.22. The second-order valence-electron chi connectivity index (χ2n) is 9.04. The Hall–Kier alpha value is -3.53. The molecule has 10 heteroatoms. The molecule has 0 radical (unpaired) electrons. The van der Waals surface area contributed by atoms with Crippen LogP contribution in [0.1, 0.15) is 19.8 Å². The predicted molar refractivity (Wildman–Crippen MR) is 139 cm³/mol. The first kappa shape index (κ1) is 25.1. The molecule has 0 spiro atoms. The lowest BCUT2D eigenvalue weighted by Gasteiger charge is -2.31. The first-order chi connectivity index (χ1) is 18.0. The van der Waals surface area contributed by atoms with Gasteiger partial charge < -0.3 is 19.1 Å². The van der Waals surface area contributed by atoms with Gasteiger partial charge in [-0.1, -0.05) is 36.0 Å². The molecule has 3 heterocycles. The number of esters is 1. The molecule has 0 N–H and O–H groups in total. The van der Waals surface area contributed by atoms with Gasteiger partial charge in [-0.25, -0.2) is 4.98 Å². The molecule has 194 valence electrons. The van der Waals surface area contributed by atoms with Crippen molar-refractivity contribution in [3.63, 3.8) is 0 Å². The Bertz CT molecular complexity index is 1360. The summed E-state index contributed by atoms with van der Waals surface area (Å²) in [4.78, 5) is 45.1. The summed E-state index contributed by atoms with van der Waals surface area (Å²) in [6.07, 6.45) is 1.08. The molecular weight excluding hydrogens is 494 g/mol. The van der Waals surface area contributed by atoms with Crippen LogP contribution in [-0.4, -0.2) is 64.5 Å². The van der Waals surface area contributed by atoms with Gasteiger partial charge in [0.25, 0.3) is 5.56 Å². The quantitative estimate of drug-likeness (QED) is 0.265. The number of aromatic nitrogens is 2. The fourth-order valence-electron chi connectivity index (χ4n) is 4.65. The Balaban J connectivity index is 1.34. The molecule has 1 amide bonds. The van der Waals surface area contributed by atoms with Crippen molar-refractivity contribution >= 4 is 34.5 Å². The lowest BCUT2D eigenvalue weighted by molar-refractivity contribution is -0.151. The van der Waals surface area contributed by atoms with Crippen molar-refractivity contribution in [3.05, 3.63) is 58.9 Å². The van der Waals surface area contributed by atoms with Crippen LogP contribution in [0.4, 0.5) is 0 Å². The van der Waals surface area contributed by atoms with Crippen LogP contribution >= 0.6 is 11.8 Å². The first-order valence-electron chi connectivity index (χ1n) is 12.5. The van der Waals surface area contributed by atoms with Crippen LogP contribution < -0.4 is 15.0 Å². The Morgan fingerprint density at radius 2 is 1.92 bits per heavy atom. The van der Waals surface area contributed by atoms with E-state index in [1.165, 1.54) is 11.8 Å². The Morgan fingerprint density at radius 3 is 2.76 bits per heavy atom. The SMILES string of the molecule is CCOC(=O)C1CCCN(C(=O)CSc2nc3ccccc3c(=O)n2CC2COc3ccccc3O2)C1. The third-order valence-electron chi connectivity index (χ3n) is 6.50. The van der Waals surface area contributed by atoms with Crippen LogP contribution in [0.25, 0.3) is 10.9 Å². The van der Waals surface area contributed by atoms with Gasteiger partial charge in [-0.3, -0.25) is 19.0 Å². The van der Waals surface area contributed by atoms with E-state index in [9.17, 15) is 14.4 Å². The number of fused-ring (bicyclic) bond motifs is 2. The van der Waals surface area contributed by atoms with E-state index in [0.29, 0.717) is 60.3 Å². The zero-order valence-electron chi connectivity index (χ0n) is 20.6. The number of likely N-dealkylation sites (tertiary alicyclic amines) is 1. The molecule has 1 fully saturated rings. The number of carbonyl (C=O) groups excluding carboxylic acids is 2. The molecule has 1 saturated heterocycles. The van der Waals surface area contributed by atoms with E-state index in [0.717, 1.165) is 6.42 Å². The average Bonchev–Trinajstić information content (AvgIpc) is 2.93. The summed E-state index contributed by atoms with van der Waals surface area (Å²) in [5.74, 6) is 0.751. The van der Waals surface area contributed by atoms with Gasteiger partial charge in [0.05, 0.1) is 35.7 Å². The van der Waals surface area contributed by atoms with Crippen LogP contribution in [0.15, 0.2) is 58.5 Å². The number of amides is 1. The highest BCUT2D eigenvalue weighted by atomic mass is 32.2. The van der Waals surface area contributed by atoms with Gasteiger partial charge in [-0.05, 0) is 44.0 Å². The minimum Gasteiger partial charge on any atom is -0.486 e. The normalized spacial score (nSPS) is 19.0. The van der Waals surface area contributed by atoms with E-state index in [-0.39, 0.29) is 35.7 Å². The molecule has 37 heavy (non-hydrogen) atoms. The summed E-state index contributed by atoms with van der Waals surface area (Å²) in [6, 6.07) is 14.6.